The molecular weight excluding hydrogens is 430 g/mol. The van der Waals surface area contributed by atoms with Gasteiger partial charge in [-0.15, -0.1) is 11.3 Å². The number of nitrogens with one attached hydrogen (secondary N) is 1. The van der Waals surface area contributed by atoms with Gasteiger partial charge in [0, 0.05) is 29.5 Å². The Kier molecular flexibility index (Phi) is 4.68. The molecule has 0 bridgehead atoms. The molecular formula is C23H19N3O3S2. The van der Waals surface area contributed by atoms with Crippen molar-refractivity contribution in [1.29, 1.82) is 0 Å². The number of pyridine rings is 1. The summed E-state index contributed by atoms with van der Waals surface area (Å²) in [7, 11) is -0.394. The Labute approximate surface area is 183 Å². The van der Waals surface area contributed by atoms with Crippen LogP contribution in [0.15, 0.2) is 76.4 Å². The van der Waals surface area contributed by atoms with Crippen LogP contribution in [0, 0.1) is 0 Å². The van der Waals surface area contributed by atoms with Crippen LogP contribution in [0.5, 0.6) is 5.75 Å². The number of benzene rings is 2. The third-order valence-corrected chi connectivity index (χ3v) is 8.51. The van der Waals surface area contributed by atoms with Gasteiger partial charge in [-0.2, -0.15) is 0 Å². The summed E-state index contributed by atoms with van der Waals surface area (Å²) in [5.74, 6) is 0.788. The molecule has 3 heterocycles. The summed E-state index contributed by atoms with van der Waals surface area (Å²) in [5, 5.41) is 3.63. The largest absolute Gasteiger partial charge is 0.497 e. The number of ether oxygens (including phenoxy) is 1. The van der Waals surface area contributed by atoms with E-state index in [1.165, 1.54) is 15.6 Å². The summed E-state index contributed by atoms with van der Waals surface area (Å²) < 4.78 is 32.9. The zero-order valence-corrected chi connectivity index (χ0v) is 18.5. The Hall–Kier alpha value is -3.36. The number of methoxy groups -OCH3 is 1. The van der Waals surface area contributed by atoms with Crippen LogP contribution in [0.1, 0.15) is 0 Å². The predicted molar refractivity (Wildman–Crippen MR) is 125 cm³/mol. The quantitative estimate of drug-likeness (QED) is 0.396. The molecule has 0 aliphatic rings. The topological polar surface area (TPSA) is 75.3 Å². The number of fused-ring (bicyclic) bond motifs is 3. The van der Waals surface area contributed by atoms with Crippen LogP contribution in [0.4, 0.5) is 5.69 Å². The van der Waals surface area contributed by atoms with Crippen LogP contribution >= 0.6 is 11.3 Å². The van der Waals surface area contributed by atoms with Gasteiger partial charge in [0.15, 0.2) is 0 Å². The average Bonchev–Trinajstić information content (AvgIpc) is 3.46. The molecule has 8 heteroatoms. The Bertz CT molecular complexity index is 1490. The van der Waals surface area contributed by atoms with E-state index < -0.39 is 10.0 Å². The lowest BCUT2D eigenvalue weighted by Gasteiger charge is -2.18. The van der Waals surface area contributed by atoms with Crippen molar-refractivity contribution in [3.05, 3.63) is 72.2 Å². The fourth-order valence-corrected chi connectivity index (χ4v) is 6.04. The molecule has 31 heavy (non-hydrogen) atoms. The van der Waals surface area contributed by atoms with E-state index in [1.54, 1.807) is 43.9 Å². The molecule has 5 aromatic rings. The smallest absolute Gasteiger partial charge is 0.273 e. The van der Waals surface area contributed by atoms with Gasteiger partial charge in [-0.25, -0.2) is 13.4 Å². The van der Waals surface area contributed by atoms with Gasteiger partial charge in [0.1, 0.15) is 15.6 Å². The molecule has 2 aromatic carbocycles. The minimum Gasteiger partial charge on any atom is -0.497 e. The van der Waals surface area contributed by atoms with Crippen LogP contribution < -0.4 is 9.04 Å². The van der Waals surface area contributed by atoms with Crippen LogP contribution in [-0.2, 0) is 10.0 Å². The summed E-state index contributed by atoms with van der Waals surface area (Å²) in [6, 6.07) is 18.8. The molecule has 0 aliphatic carbocycles. The molecule has 156 valence electrons. The molecule has 0 saturated carbocycles. The molecule has 0 fully saturated rings. The fourth-order valence-electron chi connectivity index (χ4n) is 3.70. The summed E-state index contributed by atoms with van der Waals surface area (Å²) >= 11 is 1.21. The van der Waals surface area contributed by atoms with Crippen molar-refractivity contribution in [3.8, 4) is 16.9 Å². The number of H-pyrrole nitrogens is 1. The third kappa shape index (κ3) is 3.24. The van der Waals surface area contributed by atoms with Crippen LogP contribution in [0.3, 0.4) is 0 Å². The maximum absolute atomic E-state index is 13.0. The monoisotopic (exact) mass is 449 g/mol. The highest BCUT2D eigenvalue weighted by atomic mass is 32.2. The Balaban J connectivity index is 1.68. The minimum absolute atomic E-state index is 0.314. The molecule has 0 aliphatic heterocycles. The number of anilines is 1. The van der Waals surface area contributed by atoms with Crippen molar-refractivity contribution >= 4 is 49.0 Å². The van der Waals surface area contributed by atoms with E-state index in [0.29, 0.717) is 9.90 Å². The highest BCUT2D eigenvalue weighted by molar-refractivity contribution is 7.94. The normalized spacial score (nSPS) is 11.8. The molecule has 1 N–H and O–H groups in total. The first-order valence-electron chi connectivity index (χ1n) is 9.56. The summed E-state index contributed by atoms with van der Waals surface area (Å²) in [6.07, 6.45) is 1.77. The standard InChI is InChI=1S/C23H19N3O3S2/c1-26(31(27,28)21-4-3-13-30-21)16-7-10-20-19(14-16)22-18(11-12-24-23(22)25-20)15-5-8-17(29-2)9-6-15/h3-14H,1-2H3,(H,24,25). The van der Waals surface area contributed by atoms with Gasteiger partial charge in [-0.3, -0.25) is 4.31 Å². The fraction of sp³-hybridized carbons (Fsp3) is 0.0870. The first-order valence-corrected chi connectivity index (χ1v) is 11.9. The summed E-state index contributed by atoms with van der Waals surface area (Å²) in [5.41, 5.74) is 4.28. The lowest BCUT2D eigenvalue weighted by Crippen LogP contribution is -2.25. The Morgan fingerprint density at radius 1 is 1.06 bits per heavy atom. The highest BCUT2D eigenvalue weighted by Gasteiger charge is 2.23. The van der Waals surface area contributed by atoms with E-state index >= 15 is 0 Å². The van der Waals surface area contributed by atoms with Crippen molar-refractivity contribution in [3.63, 3.8) is 0 Å². The number of nitrogens with zero attached hydrogens (tertiary/aromatic N) is 2. The lowest BCUT2D eigenvalue weighted by atomic mass is 10.0. The molecule has 0 atom stereocenters. The average molecular weight is 450 g/mol. The number of thiophene rings is 1. The van der Waals surface area contributed by atoms with Gasteiger partial charge in [0.05, 0.1) is 12.8 Å². The number of aromatic nitrogens is 2. The Morgan fingerprint density at radius 2 is 1.87 bits per heavy atom. The molecule has 0 amide bonds. The van der Waals surface area contributed by atoms with E-state index in [4.69, 9.17) is 4.74 Å². The molecule has 5 rings (SSSR count). The zero-order valence-electron chi connectivity index (χ0n) is 16.9. The highest BCUT2D eigenvalue weighted by Crippen LogP contribution is 2.36. The number of rotatable bonds is 5. The van der Waals surface area contributed by atoms with Crippen LogP contribution in [-0.4, -0.2) is 32.5 Å². The molecule has 0 saturated heterocycles. The van der Waals surface area contributed by atoms with Crippen molar-refractivity contribution in [2.75, 3.05) is 18.5 Å². The predicted octanol–water partition coefficient (Wildman–Crippen LogP) is 5.28. The van der Waals surface area contributed by atoms with Crippen LogP contribution in [0.25, 0.3) is 33.1 Å². The number of sulfonamides is 1. The van der Waals surface area contributed by atoms with E-state index in [2.05, 4.69) is 9.97 Å². The summed E-state index contributed by atoms with van der Waals surface area (Å²) in [4.78, 5) is 7.83. The van der Waals surface area contributed by atoms with Crippen molar-refractivity contribution in [2.45, 2.75) is 4.21 Å². The first-order chi connectivity index (χ1) is 15.0. The second-order valence-corrected chi connectivity index (χ2v) is 10.2. The molecule has 0 radical (unpaired) electrons. The number of hydrogen-bond donors (Lipinski definition) is 1. The van der Waals surface area contributed by atoms with E-state index in [1.807, 2.05) is 42.5 Å². The van der Waals surface area contributed by atoms with Gasteiger partial charge < -0.3 is 9.72 Å². The molecule has 0 unspecified atom stereocenters. The lowest BCUT2D eigenvalue weighted by molar-refractivity contribution is 0.415. The molecule has 3 aromatic heterocycles. The maximum Gasteiger partial charge on any atom is 0.273 e. The minimum atomic E-state index is -3.61. The van der Waals surface area contributed by atoms with Gasteiger partial charge in [-0.05, 0) is 59.0 Å². The second-order valence-electron chi connectivity index (χ2n) is 7.07. The zero-order chi connectivity index (χ0) is 21.6. The first kappa shape index (κ1) is 19.6. The van der Waals surface area contributed by atoms with Gasteiger partial charge in [-0.1, -0.05) is 18.2 Å². The molecule has 0 spiro atoms. The van der Waals surface area contributed by atoms with E-state index in [-0.39, 0.29) is 0 Å². The number of hydrogen-bond acceptors (Lipinski definition) is 5. The van der Waals surface area contributed by atoms with Gasteiger partial charge >= 0.3 is 0 Å². The SMILES string of the molecule is COc1ccc(-c2ccnc3[nH]c4ccc(N(C)S(=O)(=O)c5cccs5)cc4c23)cc1. The second kappa shape index (κ2) is 7.40. The van der Waals surface area contributed by atoms with Crippen molar-refractivity contribution in [1.82, 2.24) is 9.97 Å². The Morgan fingerprint density at radius 3 is 2.58 bits per heavy atom. The van der Waals surface area contributed by atoms with E-state index in [0.717, 1.165) is 38.8 Å². The van der Waals surface area contributed by atoms with Crippen molar-refractivity contribution in [2.24, 2.45) is 0 Å². The van der Waals surface area contributed by atoms with Gasteiger partial charge in [0.25, 0.3) is 10.0 Å². The van der Waals surface area contributed by atoms with E-state index in [9.17, 15) is 8.42 Å². The third-order valence-electron chi connectivity index (χ3n) is 5.35. The number of aromatic amines is 1. The summed E-state index contributed by atoms with van der Waals surface area (Å²) in [6.45, 7) is 0. The molecule has 6 nitrogen and oxygen atoms in total. The van der Waals surface area contributed by atoms with Gasteiger partial charge in [0.2, 0.25) is 0 Å². The van der Waals surface area contributed by atoms with Crippen molar-refractivity contribution < 1.29 is 13.2 Å². The van der Waals surface area contributed by atoms with Crippen LogP contribution in [0.2, 0.25) is 0 Å². The maximum atomic E-state index is 13.0.